The fraction of sp³-hybridized carbons (Fsp3) is 0.333. The first-order chi connectivity index (χ1) is 10.0. The molecule has 0 amide bonds. The molecule has 0 atom stereocenters. The maximum absolute atomic E-state index is 8.69. The molecule has 1 heterocycles. The number of rotatable bonds is 5. The molecule has 2 rings (SSSR count). The lowest BCUT2D eigenvalue weighted by Gasteiger charge is -2.09. The lowest BCUT2D eigenvalue weighted by Crippen LogP contribution is -2.16. The summed E-state index contributed by atoms with van der Waals surface area (Å²) in [4.78, 5) is 0. The Hall–Kier alpha value is -2.34. The van der Waals surface area contributed by atoms with Gasteiger partial charge in [-0.25, -0.2) is 0 Å². The van der Waals surface area contributed by atoms with Gasteiger partial charge in [0.05, 0.1) is 5.69 Å². The van der Waals surface area contributed by atoms with E-state index in [1.54, 1.807) is 0 Å². The summed E-state index contributed by atoms with van der Waals surface area (Å²) in [6.45, 7) is 5.56. The zero-order valence-corrected chi connectivity index (χ0v) is 12.6. The van der Waals surface area contributed by atoms with Gasteiger partial charge in [0, 0.05) is 37.5 Å². The molecular formula is C15H21N5O. The molecule has 0 aliphatic heterocycles. The first kappa shape index (κ1) is 15.1. The highest BCUT2D eigenvalue weighted by Crippen LogP contribution is 2.12. The predicted octanol–water partition coefficient (Wildman–Crippen LogP) is 1.42. The average molecular weight is 287 g/mol. The lowest BCUT2D eigenvalue weighted by atomic mass is 10.0. The number of hydrogen-bond donors (Lipinski definition) is 3. The molecular weight excluding hydrogens is 266 g/mol. The van der Waals surface area contributed by atoms with Gasteiger partial charge < -0.3 is 16.3 Å². The molecule has 0 fully saturated rings. The van der Waals surface area contributed by atoms with Crippen LogP contribution in [0.4, 0.5) is 0 Å². The van der Waals surface area contributed by atoms with Gasteiger partial charge in [0.15, 0.2) is 5.84 Å². The molecule has 0 saturated carbocycles. The van der Waals surface area contributed by atoms with Crippen LogP contribution in [-0.2, 0) is 20.1 Å². The molecule has 0 saturated heterocycles. The number of nitrogens with zero attached hydrogens (tertiary/aromatic N) is 3. The summed E-state index contributed by atoms with van der Waals surface area (Å²) < 4.78 is 1.82. The minimum atomic E-state index is 0.128. The predicted molar refractivity (Wildman–Crippen MR) is 82.2 cm³/mol. The van der Waals surface area contributed by atoms with Crippen molar-refractivity contribution >= 4 is 5.84 Å². The summed E-state index contributed by atoms with van der Waals surface area (Å²) in [5.74, 6) is 0.128. The lowest BCUT2D eigenvalue weighted by molar-refractivity contribution is 0.318. The highest BCUT2D eigenvalue weighted by Gasteiger charge is 2.05. The Balaban J connectivity index is 1.99. The van der Waals surface area contributed by atoms with Gasteiger partial charge in [0.1, 0.15) is 0 Å². The Labute approximate surface area is 124 Å². The highest BCUT2D eigenvalue weighted by atomic mass is 16.4. The zero-order valence-electron chi connectivity index (χ0n) is 12.6. The second-order valence-corrected chi connectivity index (χ2v) is 5.14. The Morgan fingerprint density at radius 3 is 2.62 bits per heavy atom. The maximum Gasteiger partial charge on any atom is 0.170 e. The molecule has 0 spiro atoms. The molecule has 0 radical (unpaired) electrons. The highest BCUT2D eigenvalue weighted by molar-refractivity contribution is 5.97. The van der Waals surface area contributed by atoms with Crippen molar-refractivity contribution in [2.45, 2.75) is 26.9 Å². The van der Waals surface area contributed by atoms with Gasteiger partial charge in [0.2, 0.25) is 0 Å². The number of aromatic nitrogens is 2. The topological polar surface area (TPSA) is 88.5 Å². The summed E-state index contributed by atoms with van der Waals surface area (Å²) in [7, 11) is 1.92. The van der Waals surface area contributed by atoms with E-state index in [0.29, 0.717) is 0 Å². The Morgan fingerprint density at radius 1 is 1.33 bits per heavy atom. The van der Waals surface area contributed by atoms with Crippen molar-refractivity contribution < 1.29 is 5.21 Å². The molecule has 0 bridgehead atoms. The summed E-state index contributed by atoms with van der Waals surface area (Å²) >= 11 is 0. The molecule has 0 aliphatic rings. The van der Waals surface area contributed by atoms with Crippen molar-refractivity contribution in [3.8, 4) is 0 Å². The molecule has 1 aromatic heterocycles. The van der Waals surface area contributed by atoms with Crippen LogP contribution in [-0.4, -0.2) is 20.8 Å². The summed E-state index contributed by atoms with van der Waals surface area (Å²) in [6.07, 6.45) is 2.02. The molecule has 112 valence electrons. The van der Waals surface area contributed by atoms with Gasteiger partial charge >= 0.3 is 0 Å². The van der Waals surface area contributed by atoms with Gasteiger partial charge in [-0.15, -0.1) is 0 Å². The van der Waals surface area contributed by atoms with Crippen LogP contribution in [0, 0.1) is 13.8 Å². The van der Waals surface area contributed by atoms with E-state index >= 15 is 0 Å². The van der Waals surface area contributed by atoms with Crippen molar-refractivity contribution in [1.29, 1.82) is 0 Å². The molecule has 21 heavy (non-hydrogen) atoms. The fourth-order valence-electron chi connectivity index (χ4n) is 2.27. The van der Waals surface area contributed by atoms with Crippen molar-refractivity contribution in [1.82, 2.24) is 15.1 Å². The molecule has 1 aromatic carbocycles. The standard InChI is InChI=1S/C15H21N5O/c1-10-6-12(15(16)19-21)4-5-13(10)7-17-8-14-9-20(3)18-11(14)2/h4-6,9,17,21H,7-8H2,1-3H3,(H2,16,19). The first-order valence-corrected chi connectivity index (χ1v) is 6.78. The van der Waals surface area contributed by atoms with Crippen molar-refractivity contribution in [3.63, 3.8) is 0 Å². The van der Waals surface area contributed by atoms with E-state index in [4.69, 9.17) is 10.9 Å². The number of nitrogens with two attached hydrogens (primary N) is 1. The third-order valence-electron chi connectivity index (χ3n) is 3.49. The first-order valence-electron chi connectivity index (χ1n) is 6.78. The zero-order chi connectivity index (χ0) is 15.4. The SMILES string of the molecule is Cc1cc(/C(N)=N/O)ccc1CNCc1cn(C)nc1C. The van der Waals surface area contributed by atoms with Crippen molar-refractivity contribution in [2.75, 3.05) is 0 Å². The Kier molecular flexibility index (Phi) is 4.59. The fourth-order valence-corrected chi connectivity index (χ4v) is 2.27. The van der Waals surface area contributed by atoms with Gasteiger partial charge in [0.25, 0.3) is 0 Å². The smallest absolute Gasteiger partial charge is 0.170 e. The van der Waals surface area contributed by atoms with E-state index in [1.165, 1.54) is 11.1 Å². The Morgan fingerprint density at radius 2 is 2.05 bits per heavy atom. The molecule has 4 N–H and O–H groups in total. The van der Waals surface area contributed by atoms with Gasteiger partial charge in [-0.1, -0.05) is 17.3 Å². The normalized spacial score (nSPS) is 11.9. The van der Waals surface area contributed by atoms with Crippen LogP contribution in [0.25, 0.3) is 0 Å². The molecule has 0 aliphatic carbocycles. The van der Waals surface area contributed by atoms with E-state index in [0.717, 1.165) is 29.9 Å². The summed E-state index contributed by atoms with van der Waals surface area (Å²) in [6, 6.07) is 5.77. The van der Waals surface area contributed by atoms with Gasteiger partial charge in [-0.3, -0.25) is 4.68 Å². The largest absolute Gasteiger partial charge is 0.409 e. The number of benzene rings is 1. The number of nitrogens with one attached hydrogen (secondary N) is 1. The van der Waals surface area contributed by atoms with Gasteiger partial charge in [-0.2, -0.15) is 5.10 Å². The van der Waals surface area contributed by atoms with Crippen LogP contribution < -0.4 is 11.1 Å². The van der Waals surface area contributed by atoms with Crippen molar-refractivity contribution in [2.24, 2.45) is 17.9 Å². The second-order valence-electron chi connectivity index (χ2n) is 5.14. The average Bonchev–Trinajstić information content (AvgIpc) is 2.78. The second kappa shape index (κ2) is 6.41. The quantitative estimate of drug-likeness (QED) is 0.336. The number of amidine groups is 1. The van der Waals surface area contributed by atoms with Gasteiger partial charge in [-0.05, 0) is 31.0 Å². The van der Waals surface area contributed by atoms with Crippen LogP contribution in [0.2, 0.25) is 0 Å². The molecule has 2 aromatic rings. The molecule has 0 unspecified atom stereocenters. The molecule has 6 heteroatoms. The maximum atomic E-state index is 8.69. The minimum Gasteiger partial charge on any atom is -0.409 e. The van der Waals surface area contributed by atoms with E-state index in [1.807, 2.05) is 50.0 Å². The van der Waals surface area contributed by atoms with Crippen molar-refractivity contribution in [3.05, 3.63) is 52.3 Å². The van der Waals surface area contributed by atoms with E-state index in [9.17, 15) is 0 Å². The Bertz CT molecular complexity index is 660. The van der Waals surface area contributed by atoms with Crippen LogP contribution >= 0.6 is 0 Å². The molecule has 6 nitrogen and oxygen atoms in total. The van der Waals surface area contributed by atoms with Crippen LogP contribution in [0.1, 0.15) is 27.9 Å². The van der Waals surface area contributed by atoms with Crippen LogP contribution in [0.3, 0.4) is 0 Å². The van der Waals surface area contributed by atoms with Crippen LogP contribution in [0.15, 0.2) is 29.6 Å². The third kappa shape index (κ3) is 3.61. The number of oxime groups is 1. The summed E-state index contributed by atoms with van der Waals surface area (Å²) in [5.41, 5.74) is 10.8. The van der Waals surface area contributed by atoms with Crippen LogP contribution in [0.5, 0.6) is 0 Å². The monoisotopic (exact) mass is 287 g/mol. The number of aryl methyl sites for hydroxylation is 3. The third-order valence-corrected chi connectivity index (χ3v) is 3.49. The van der Waals surface area contributed by atoms with E-state index in [2.05, 4.69) is 15.6 Å². The van der Waals surface area contributed by atoms with E-state index < -0.39 is 0 Å². The summed E-state index contributed by atoms with van der Waals surface area (Å²) in [5, 5.41) is 19.4. The van der Waals surface area contributed by atoms with E-state index in [-0.39, 0.29) is 5.84 Å². The minimum absolute atomic E-state index is 0.128. The number of hydrogen-bond acceptors (Lipinski definition) is 4.